The van der Waals surface area contributed by atoms with Gasteiger partial charge in [0.05, 0.1) is 12.1 Å². The lowest BCUT2D eigenvalue weighted by Crippen LogP contribution is -2.48. The van der Waals surface area contributed by atoms with Gasteiger partial charge in [-0.15, -0.1) is 0 Å². The molecule has 1 aromatic carbocycles. The van der Waals surface area contributed by atoms with E-state index in [1.165, 1.54) is 19.1 Å². The van der Waals surface area contributed by atoms with Gasteiger partial charge >= 0.3 is 0 Å². The molecule has 0 saturated heterocycles. The molecule has 2 aromatic rings. The zero-order chi connectivity index (χ0) is 22.3. The van der Waals surface area contributed by atoms with E-state index in [-0.39, 0.29) is 24.3 Å². The molecule has 7 heteroatoms. The van der Waals surface area contributed by atoms with Crippen molar-refractivity contribution in [3.05, 3.63) is 65.0 Å². The number of nitrogens with zero attached hydrogens (tertiary/aromatic N) is 1. The number of nitrogens with one attached hydrogen (secondary N) is 2. The zero-order valence-electron chi connectivity index (χ0n) is 18.0. The second-order valence-corrected chi connectivity index (χ2v) is 8.88. The number of aliphatic hydroxyl groups is 1. The van der Waals surface area contributed by atoms with E-state index in [1.54, 1.807) is 6.20 Å². The molecule has 0 bridgehead atoms. The molecule has 0 aliphatic heterocycles. The monoisotopic (exact) mass is 419 g/mol. The fraction of sp³-hybridized carbons (Fsp3) is 0.478. The first kappa shape index (κ1) is 23.9. The van der Waals surface area contributed by atoms with Gasteiger partial charge in [0.15, 0.2) is 0 Å². The van der Waals surface area contributed by atoms with Crippen LogP contribution < -0.4 is 10.6 Å². The molecule has 0 fully saturated rings. The number of hydrogen-bond acceptors (Lipinski definition) is 4. The Bertz CT molecular complexity index is 832. The third-order valence-corrected chi connectivity index (χ3v) is 4.51. The van der Waals surface area contributed by atoms with Crippen LogP contribution in [0.25, 0.3) is 0 Å². The van der Waals surface area contributed by atoms with Crippen LogP contribution in [0, 0.1) is 17.0 Å². The van der Waals surface area contributed by atoms with E-state index in [0.717, 1.165) is 23.7 Å². The summed E-state index contributed by atoms with van der Waals surface area (Å²) in [5.74, 6) is -1.71. The van der Waals surface area contributed by atoms with E-state index in [1.807, 2.05) is 12.1 Å². The lowest BCUT2D eigenvalue weighted by atomic mass is 9.90. The Hall–Kier alpha value is -2.38. The van der Waals surface area contributed by atoms with Gasteiger partial charge in [0.2, 0.25) is 5.91 Å². The van der Waals surface area contributed by atoms with Gasteiger partial charge in [-0.25, -0.2) is 8.78 Å². The van der Waals surface area contributed by atoms with Gasteiger partial charge in [0.1, 0.15) is 11.6 Å². The van der Waals surface area contributed by atoms with Crippen molar-refractivity contribution in [3.8, 4) is 0 Å². The number of aliphatic hydroxyl groups excluding tert-OH is 1. The average molecular weight is 420 g/mol. The van der Waals surface area contributed by atoms with Crippen molar-refractivity contribution in [1.29, 1.82) is 0 Å². The summed E-state index contributed by atoms with van der Waals surface area (Å²) >= 11 is 0. The number of rotatable bonds is 9. The first-order valence-corrected chi connectivity index (χ1v) is 10.1. The number of benzene rings is 1. The number of halogens is 2. The Morgan fingerprint density at radius 3 is 2.40 bits per heavy atom. The van der Waals surface area contributed by atoms with Crippen LogP contribution in [0.15, 0.2) is 36.5 Å². The maximum absolute atomic E-state index is 13.5. The second-order valence-electron chi connectivity index (χ2n) is 8.88. The minimum atomic E-state index is -0.934. The van der Waals surface area contributed by atoms with Crippen molar-refractivity contribution in [2.45, 2.75) is 59.2 Å². The van der Waals surface area contributed by atoms with Gasteiger partial charge in [-0.05, 0) is 53.6 Å². The summed E-state index contributed by atoms with van der Waals surface area (Å²) in [5, 5.41) is 16.4. The topological polar surface area (TPSA) is 74.2 Å². The van der Waals surface area contributed by atoms with Gasteiger partial charge in [-0.3, -0.25) is 9.78 Å². The Morgan fingerprint density at radius 1 is 1.13 bits per heavy atom. The van der Waals surface area contributed by atoms with E-state index in [2.05, 4.69) is 36.4 Å². The van der Waals surface area contributed by atoms with Crippen molar-refractivity contribution in [3.63, 3.8) is 0 Å². The van der Waals surface area contributed by atoms with E-state index < -0.39 is 23.8 Å². The highest BCUT2D eigenvalue weighted by Gasteiger charge is 2.21. The molecule has 0 saturated carbocycles. The lowest BCUT2D eigenvalue weighted by Gasteiger charge is -2.24. The number of aromatic nitrogens is 1. The van der Waals surface area contributed by atoms with Crippen molar-refractivity contribution in [2.24, 2.45) is 5.41 Å². The second kappa shape index (κ2) is 10.6. The molecule has 0 aliphatic rings. The zero-order valence-corrected chi connectivity index (χ0v) is 18.0. The SMILES string of the molecule is CC(=O)NC(Cc1cc(F)cc(F)c1)C(O)CNCc1ccnc(CC(C)(C)C)c1. The molecular formula is C23H31F2N3O2. The Morgan fingerprint density at radius 2 is 1.80 bits per heavy atom. The fourth-order valence-electron chi connectivity index (χ4n) is 3.31. The Balaban J connectivity index is 1.96. The minimum Gasteiger partial charge on any atom is -0.390 e. The smallest absolute Gasteiger partial charge is 0.217 e. The maximum Gasteiger partial charge on any atom is 0.217 e. The first-order valence-electron chi connectivity index (χ1n) is 10.1. The first-order chi connectivity index (χ1) is 14.0. The minimum absolute atomic E-state index is 0.113. The number of carbonyl (C=O) groups excluding carboxylic acids is 1. The molecule has 0 radical (unpaired) electrons. The molecule has 0 spiro atoms. The molecule has 164 valence electrons. The van der Waals surface area contributed by atoms with Gasteiger partial charge in [0, 0.05) is 38.0 Å². The van der Waals surface area contributed by atoms with Crippen molar-refractivity contribution in [2.75, 3.05) is 6.54 Å². The van der Waals surface area contributed by atoms with E-state index >= 15 is 0 Å². The van der Waals surface area contributed by atoms with E-state index in [4.69, 9.17) is 0 Å². The summed E-state index contributed by atoms with van der Waals surface area (Å²) < 4.78 is 26.9. The molecule has 1 aromatic heterocycles. The van der Waals surface area contributed by atoms with Crippen molar-refractivity contribution >= 4 is 5.91 Å². The van der Waals surface area contributed by atoms with Crippen LogP contribution in [0.5, 0.6) is 0 Å². The van der Waals surface area contributed by atoms with E-state index in [0.29, 0.717) is 12.1 Å². The maximum atomic E-state index is 13.5. The number of hydrogen-bond donors (Lipinski definition) is 3. The highest BCUT2D eigenvalue weighted by atomic mass is 19.1. The van der Waals surface area contributed by atoms with Crippen LogP contribution in [-0.2, 0) is 24.2 Å². The molecule has 3 N–H and O–H groups in total. The normalized spacial score (nSPS) is 13.7. The number of pyridine rings is 1. The highest BCUT2D eigenvalue weighted by molar-refractivity contribution is 5.73. The van der Waals surface area contributed by atoms with Crippen molar-refractivity contribution in [1.82, 2.24) is 15.6 Å². The fourth-order valence-corrected chi connectivity index (χ4v) is 3.31. The molecule has 2 rings (SSSR count). The highest BCUT2D eigenvalue weighted by Crippen LogP contribution is 2.19. The molecule has 1 heterocycles. The number of amides is 1. The quantitative estimate of drug-likeness (QED) is 0.584. The largest absolute Gasteiger partial charge is 0.390 e. The summed E-state index contributed by atoms with van der Waals surface area (Å²) in [5.41, 5.74) is 2.55. The summed E-state index contributed by atoms with van der Waals surface area (Å²) in [6, 6.07) is 6.46. The van der Waals surface area contributed by atoms with Crippen LogP contribution in [0.2, 0.25) is 0 Å². The molecule has 1 amide bonds. The molecule has 5 nitrogen and oxygen atoms in total. The van der Waals surface area contributed by atoms with Gasteiger partial charge < -0.3 is 15.7 Å². The van der Waals surface area contributed by atoms with Gasteiger partial charge in [-0.1, -0.05) is 20.8 Å². The summed E-state index contributed by atoms with van der Waals surface area (Å²) in [4.78, 5) is 15.9. The summed E-state index contributed by atoms with van der Waals surface area (Å²) in [7, 11) is 0. The molecule has 2 atom stereocenters. The van der Waals surface area contributed by atoms with Crippen LogP contribution in [0.4, 0.5) is 8.78 Å². The third-order valence-electron chi connectivity index (χ3n) is 4.51. The standard InChI is InChI=1S/C23H31F2N3O2/c1-15(29)28-21(10-17-7-18(24)11-19(25)8-17)22(30)14-26-13-16-5-6-27-20(9-16)12-23(2,3)4/h5-9,11,21-22,26,30H,10,12-14H2,1-4H3,(H,28,29). The van der Waals surface area contributed by atoms with Crippen LogP contribution >= 0.6 is 0 Å². The predicted octanol–water partition coefficient (Wildman–Crippen LogP) is 3.15. The molecule has 30 heavy (non-hydrogen) atoms. The lowest BCUT2D eigenvalue weighted by molar-refractivity contribution is -0.120. The Kier molecular flexibility index (Phi) is 8.43. The number of carbonyl (C=O) groups is 1. The average Bonchev–Trinajstić information content (AvgIpc) is 2.58. The van der Waals surface area contributed by atoms with E-state index in [9.17, 15) is 18.7 Å². The summed E-state index contributed by atoms with van der Waals surface area (Å²) in [6.07, 6.45) is 1.81. The van der Waals surface area contributed by atoms with Crippen LogP contribution in [0.3, 0.4) is 0 Å². The third kappa shape index (κ3) is 8.55. The van der Waals surface area contributed by atoms with Crippen molar-refractivity contribution < 1.29 is 18.7 Å². The molecule has 0 aliphatic carbocycles. The predicted molar refractivity (Wildman–Crippen MR) is 113 cm³/mol. The van der Waals surface area contributed by atoms with Crippen LogP contribution in [0.1, 0.15) is 44.5 Å². The molecule has 2 unspecified atom stereocenters. The van der Waals surface area contributed by atoms with Crippen LogP contribution in [-0.4, -0.2) is 34.7 Å². The molecular weight excluding hydrogens is 388 g/mol. The van der Waals surface area contributed by atoms with Gasteiger partial charge in [0.25, 0.3) is 0 Å². The summed E-state index contributed by atoms with van der Waals surface area (Å²) in [6.45, 7) is 8.54. The van der Waals surface area contributed by atoms with Gasteiger partial charge in [-0.2, -0.15) is 0 Å². The Labute approximate surface area is 176 Å².